The molecule has 1 aliphatic rings. The Hall–Kier alpha value is -5.75. The van der Waals surface area contributed by atoms with Crippen LogP contribution in [0, 0.1) is 6.92 Å². The molecule has 1 aliphatic carbocycles. The lowest BCUT2D eigenvalue weighted by Gasteiger charge is -2.27. The average Bonchev–Trinajstić information content (AvgIpc) is 3.74. The average molecular weight is 603 g/mol. The Kier molecular flexibility index (Phi) is 6.64. The summed E-state index contributed by atoms with van der Waals surface area (Å²) in [5, 5.41) is 2.13. The van der Waals surface area contributed by atoms with Crippen LogP contribution in [0.5, 0.6) is 5.75 Å². The number of Topliss-reactive ketones (excluding diaryl/α,β-unsaturated/α-hetero) is 2. The van der Waals surface area contributed by atoms with Crippen LogP contribution >= 0.6 is 0 Å². The van der Waals surface area contributed by atoms with Gasteiger partial charge in [-0.05, 0) is 95.8 Å². The van der Waals surface area contributed by atoms with Crippen molar-refractivity contribution in [2.75, 3.05) is 0 Å². The molecule has 0 fully saturated rings. The largest absolute Gasteiger partial charge is 0.489 e. The van der Waals surface area contributed by atoms with E-state index in [9.17, 15) is 9.59 Å². The number of ether oxygens (including phenoxy) is 1. The van der Waals surface area contributed by atoms with Gasteiger partial charge in [-0.25, -0.2) is 0 Å². The number of hydrogen-bond donors (Lipinski definition) is 0. The Morgan fingerprint density at radius 3 is 2.46 bits per heavy atom. The molecule has 0 radical (unpaired) electrons. The van der Waals surface area contributed by atoms with Crippen molar-refractivity contribution >= 4 is 33.4 Å². The van der Waals surface area contributed by atoms with E-state index >= 15 is 0 Å². The van der Waals surface area contributed by atoms with Crippen LogP contribution in [0.4, 0.5) is 0 Å². The van der Waals surface area contributed by atoms with Gasteiger partial charge in [0.05, 0.1) is 6.26 Å². The van der Waals surface area contributed by atoms with Gasteiger partial charge in [-0.3, -0.25) is 14.6 Å². The van der Waals surface area contributed by atoms with Crippen molar-refractivity contribution in [1.82, 2.24) is 9.55 Å². The molecular formula is C40H30N2O4. The van der Waals surface area contributed by atoms with E-state index in [2.05, 4.69) is 34.8 Å². The third kappa shape index (κ3) is 4.61. The van der Waals surface area contributed by atoms with E-state index in [0.29, 0.717) is 35.6 Å². The number of carbonyl (C=O) groups excluding carboxylic acids is 2. The normalized spacial score (nSPS) is 15.9. The molecule has 0 bridgehead atoms. The summed E-state index contributed by atoms with van der Waals surface area (Å²) in [5.41, 5.74) is 6.04. The second-order valence-electron chi connectivity index (χ2n) is 12.0. The van der Waals surface area contributed by atoms with Crippen LogP contribution in [-0.2, 0) is 25.0 Å². The third-order valence-electron chi connectivity index (χ3n) is 9.17. The van der Waals surface area contributed by atoms with E-state index in [1.54, 1.807) is 36.9 Å². The maximum absolute atomic E-state index is 14.7. The maximum atomic E-state index is 14.7. The van der Waals surface area contributed by atoms with E-state index in [-0.39, 0.29) is 18.0 Å². The molecule has 7 aromatic rings. The Morgan fingerprint density at radius 2 is 1.61 bits per heavy atom. The monoisotopic (exact) mass is 602 g/mol. The lowest BCUT2D eigenvalue weighted by Crippen LogP contribution is -2.40. The molecule has 8 rings (SSSR count). The predicted molar refractivity (Wildman–Crippen MR) is 177 cm³/mol. The summed E-state index contributed by atoms with van der Waals surface area (Å²) in [4.78, 5) is 33.4. The van der Waals surface area contributed by atoms with E-state index in [1.165, 1.54) is 0 Å². The highest BCUT2D eigenvalue weighted by Gasteiger charge is 2.54. The smallest absolute Gasteiger partial charge is 0.182 e. The number of carbonyl (C=O) groups is 2. The van der Waals surface area contributed by atoms with Gasteiger partial charge in [0.15, 0.2) is 11.6 Å². The van der Waals surface area contributed by atoms with E-state index in [1.807, 2.05) is 72.8 Å². The van der Waals surface area contributed by atoms with Gasteiger partial charge in [-0.2, -0.15) is 0 Å². The third-order valence-corrected chi connectivity index (χ3v) is 9.17. The first-order valence-electron chi connectivity index (χ1n) is 15.3. The highest BCUT2D eigenvalue weighted by atomic mass is 16.5. The van der Waals surface area contributed by atoms with Crippen molar-refractivity contribution in [1.29, 1.82) is 0 Å². The van der Waals surface area contributed by atoms with Crippen LogP contribution in [0.15, 0.2) is 132 Å². The quantitative estimate of drug-likeness (QED) is 0.164. The zero-order valence-corrected chi connectivity index (χ0v) is 25.3. The number of ketones is 2. The summed E-state index contributed by atoms with van der Waals surface area (Å²) in [6, 6.07) is 33.0. The van der Waals surface area contributed by atoms with E-state index < -0.39 is 5.41 Å². The Morgan fingerprint density at radius 1 is 0.783 bits per heavy atom. The second-order valence-corrected chi connectivity index (χ2v) is 12.0. The minimum atomic E-state index is -1.42. The Bertz CT molecular complexity index is 2270. The topological polar surface area (TPSA) is 74.3 Å². The summed E-state index contributed by atoms with van der Waals surface area (Å²) in [6.07, 6.45) is 7.45. The molecule has 46 heavy (non-hydrogen) atoms. The highest BCUT2D eigenvalue weighted by Crippen LogP contribution is 2.44. The van der Waals surface area contributed by atoms with Crippen molar-refractivity contribution < 1.29 is 18.7 Å². The predicted octanol–water partition coefficient (Wildman–Crippen LogP) is 8.28. The molecule has 6 heteroatoms. The Labute approximate surface area is 265 Å². The van der Waals surface area contributed by atoms with Gasteiger partial charge in [0.2, 0.25) is 0 Å². The summed E-state index contributed by atoms with van der Waals surface area (Å²) in [7, 11) is 0. The number of benzene rings is 4. The SMILES string of the molecule is Cc1cn(Cc2ccc3occc3c2)c2cc(C3(Cc4ccncc4)C(=O)c4ccc(OCc5ccccc5)cc4C3=O)ccc12. The van der Waals surface area contributed by atoms with Crippen molar-refractivity contribution in [3.8, 4) is 5.75 Å². The lowest BCUT2D eigenvalue weighted by atomic mass is 9.71. The summed E-state index contributed by atoms with van der Waals surface area (Å²) < 4.78 is 13.8. The van der Waals surface area contributed by atoms with Gasteiger partial charge in [0.1, 0.15) is 23.4 Å². The zero-order chi connectivity index (χ0) is 31.3. The molecular weight excluding hydrogens is 572 g/mol. The first kappa shape index (κ1) is 27.8. The second kappa shape index (κ2) is 11.0. The number of hydrogen-bond acceptors (Lipinski definition) is 5. The summed E-state index contributed by atoms with van der Waals surface area (Å²) in [5.74, 6) is 0.144. The van der Waals surface area contributed by atoms with Gasteiger partial charge in [0, 0.05) is 52.6 Å². The molecule has 1 unspecified atom stereocenters. The number of aromatic nitrogens is 2. The minimum absolute atomic E-state index is 0.196. The molecule has 3 heterocycles. The molecule has 0 N–H and O–H groups in total. The number of nitrogens with zero attached hydrogens (tertiary/aromatic N) is 2. The summed E-state index contributed by atoms with van der Waals surface area (Å²) >= 11 is 0. The van der Waals surface area contributed by atoms with Gasteiger partial charge in [0.25, 0.3) is 0 Å². The van der Waals surface area contributed by atoms with Gasteiger partial charge in [-0.15, -0.1) is 0 Å². The standard InChI is InChI=1S/C40H30N2O4/c1-26-23-42(24-29-7-12-37-30(19-29)15-18-45-37)36-20-31(8-10-33(26)36)40(22-27-13-16-41-17-14-27)38(43)34-11-9-32(21-35(34)39(40)44)46-25-28-5-3-2-4-6-28/h2-21,23H,22,24-25H2,1H3. The zero-order valence-electron chi connectivity index (χ0n) is 25.3. The van der Waals surface area contributed by atoms with Crippen LogP contribution in [0.1, 0.15) is 48.5 Å². The van der Waals surface area contributed by atoms with Crippen molar-refractivity contribution in [2.45, 2.75) is 31.9 Å². The van der Waals surface area contributed by atoms with Crippen LogP contribution in [0.25, 0.3) is 21.9 Å². The molecule has 1 atom stereocenters. The molecule has 3 aromatic heterocycles. The van der Waals surface area contributed by atoms with Crippen molar-refractivity contribution in [3.05, 3.63) is 167 Å². The molecule has 0 aliphatic heterocycles. The lowest BCUT2D eigenvalue weighted by molar-refractivity contribution is 0.0793. The first-order chi connectivity index (χ1) is 22.5. The fraction of sp³-hybridized carbons (Fsp3) is 0.125. The van der Waals surface area contributed by atoms with Gasteiger partial charge < -0.3 is 13.7 Å². The molecule has 0 amide bonds. The van der Waals surface area contributed by atoms with Crippen molar-refractivity contribution in [2.24, 2.45) is 0 Å². The van der Waals surface area contributed by atoms with Gasteiger partial charge >= 0.3 is 0 Å². The molecule has 224 valence electrons. The fourth-order valence-electron chi connectivity index (χ4n) is 6.82. The van der Waals surface area contributed by atoms with Gasteiger partial charge in [-0.1, -0.05) is 48.5 Å². The van der Waals surface area contributed by atoms with E-state index in [4.69, 9.17) is 9.15 Å². The first-order valence-corrected chi connectivity index (χ1v) is 15.3. The maximum Gasteiger partial charge on any atom is 0.182 e. The van der Waals surface area contributed by atoms with Crippen LogP contribution in [0.3, 0.4) is 0 Å². The minimum Gasteiger partial charge on any atom is -0.489 e. The van der Waals surface area contributed by atoms with E-state index in [0.717, 1.165) is 44.1 Å². The van der Waals surface area contributed by atoms with Crippen LogP contribution < -0.4 is 4.74 Å². The number of fused-ring (bicyclic) bond motifs is 3. The molecule has 0 saturated carbocycles. The van der Waals surface area contributed by atoms with Crippen LogP contribution in [0.2, 0.25) is 0 Å². The molecule has 0 saturated heterocycles. The van der Waals surface area contributed by atoms with Crippen LogP contribution in [-0.4, -0.2) is 21.1 Å². The number of pyridine rings is 1. The highest BCUT2D eigenvalue weighted by molar-refractivity contribution is 6.33. The number of furan rings is 1. The van der Waals surface area contributed by atoms with Crippen molar-refractivity contribution in [3.63, 3.8) is 0 Å². The molecule has 0 spiro atoms. The number of rotatable bonds is 8. The molecule has 6 nitrogen and oxygen atoms in total. The Balaban J connectivity index is 1.21. The fourth-order valence-corrected chi connectivity index (χ4v) is 6.82. The number of aryl methyl sites for hydroxylation is 1. The summed E-state index contributed by atoms with van der Waals surface area (Å²) in [6.45, 7) is 3.09. The molecule has 4 aromatic carbocycles.